The number of imidazole rings is 1. The highest BCUT2D eigenvalue weighted by molar-refractivity contribution is 6.29. The lowest BCUT2D eigenvalue weighted by Crippen LogP contribution is -2.21. The summed E-state index contributed by atoms with van der Waals surface area (Å²) in [7, 11) is 1.96. The van der Waals surface area contributed by atoms with Crippen molar-refractivity contribution in [2.75, 3.05) is 11.4 Å². The SMILES string of the molecule is Cn1c(Cl)cnc1CN1CCc2cc(-c3ccccc3)ccc21. The van der Waals surface area contributed by atoms with Crippen LogP contribution in [0.25, 0.3) is 11.1 Å². The van der Waals surface area contributed by atoms with Crippen LogP contribution in [0.4, 0.5) is 5.69 Å². The molecule has 1 aliphatic rings. The second kappa shape index (κ2) is 5.74. The number of rotatable bonds is 3. The predicted molar refractivity (Wildman–Crippen MR) is 94.9 cm³/mol. The van der Waals surface area contributed by atoms with E-state index in [0.29, 0.717) is 5.15 Å². The Bertz CT molecular complexity index is 839. The molecule has 0 fully saturated rings. The number of halogens is 1. The average molecular weight is 324 g/mol. The zero-order valence-electron chi connectivity index (χ0n) is 13.0. The molecule has 0 aliphatic carbocycles. The quantitative estimate of drug-likeness (QED) is 0.716. The number of benzene rings is 2. The normalized spacial score (nSPS) is 13.4. The summed E-state index contributed by atoms with van der Waals surface area (Å²) in [6, 6.07) is 17.3. The molecule has 23 heavy (non-hydrogen) atoms. The fourth-order valence-electron chi connectivity index (χ4n) is 3.19. The smallest absolute Gasteiger partial charge is 0.129 e. The van der Waals surface area contributed by atoms with Crippen LogP contribution >= 0.6 is 11.6 Å². The van der Waals surface area contributed by atoms with E-state index in [4.69, 9.17) is 11.6 Å². The molecule has 0 saturated heterocycles. The Morgan fingerprint density at radius 3 is 2.65 bits per heavy atom. The van der Waals surface area contributed by atoms with Crippen molar-refractivity contribution < 1.29 is 0 Å². The number of fused-ring (bicyclic) bond motifs is 1. The molecule has 0 saturated carbocycles. The van der Waals surface area contributed by atoms with Crippen molar-refractivity contribution in [3.8, 4) is 11.1 Å². The van der Waals surface area contributed by atoms with Gasteiger partial charge in [-0.2, -0.15) is 0 Å². The first-order valence-corrected chi connectivity index (χ1v) is 8.19. The summed E-state index contributed by atoms with van der Waals surface area (Å²) in [5.41, 5.74) is 5.27. The molecule has 116 valence electrons. The maximum absolute atomic E-state index is 6.09. The standard InChI is InChI=1S/C19H18ClN3/c1-22-18(20)12-21-19(22)13-23-10-9-16-11-15(7-8-17(16)23)14-5-3-2-4-6-14/h2-8,11-12H,9-10,13H2,1H3. The largest absolute Gasteiger partial charge is 0.363 e. The molecule has 2 heterocycles. The lowest BCUT2D eigenvalue weighted by Gasteiger charge is -2.19. The molecule has 1 aromatic heterocycles. The molecule has 0 atom stereocenters. The molecule has 0 spiro atoms. The Morgan fingerprint density at radius 2 is 1.91 bits per heavy atom. The molecule has 4 heteroatoms. The number of hydrogen-bond donors (Lipinski definition) is 0. The molecule has 0 radical (unpaired) electrons. The number of hydrogen-bond acceptors (Lipinski definition) is 2. The molecule has 0 unspecified atom stereocenters. The first-order valence-electron chi connectivity index (χ1n) is 7.82. The van der Waals surface area contributed by atoms with Crippen molar-refractivity contribution in [3.05, 3.63) is 71.3 Å². The zero-order chi connectivity index (χ0) is 15.8. The van der Waals surface area contributed by atoms with Crippen molar-refractivity contribution in [3.63, 3.8) is 0 Å². The highest BCUT2D eigenvalue weighted by atomic mass is 35.5. The Hall–Kier alpha value is -2.26. The van der Waals surface area contributed by atoms with Gasteiger partial charge in [0.15, 0.2) is 0 Å². The fourth-order valence-corrected chi connectivity index (χ4v) is 3.33. The van der Waals surface area contributed by atoms with Crippen LogP contribution in [0.2, 0.25) is 5.15 Å². The van der Waals surface area contributed by atoms with E-state index >= 15 is 0 Å². The topological polar surface area (TPSA) is 21.1 Å². The van der Waals surface area contributed by atoms with Gasteiger partial charge in [0, 0.05) is 19.3 Å². The van der Waals surface area contributed by atoms with Crippen molar-refractivity contribution in [1.82, 2.24) is 9.55 Å². The minimum absolute atomic E-state index is 0.679. The highest BCUT2D eigenvalue weighted by Gasteiger charge is 2.21. The van der Waals surface area contributed by atoms with Gasteiger partial charge >= 0.3 is 0 Å². The first kappa shape index (κ1) is 14.3. The van der Waals surface area contributed by atoms with Gasteiger partial charge in [0.25, 0.3) is 0 Å². The number of anilines is 1. The number of nitrogens with zero attached hydrogens (tertiary/aromatic N) is 3. The first-order chi connectivity index (χ1) is 11.2. The Labute approximate surface area is 141 Å². The van der Waals surface area contributed by atoms with E-state index in [1.54, 1.807) is 6.20 Å². The summed E-state index contributed by atoms with van der Waals surface area (Å²) >= 11 is 6.09. The Morgan fingerprint density at radius 1 is 1.09 bits per heavy atom. The van der Waals surface area contributed by atoms with E-state index in [-0.39, 0.29) is 0 Å². The fraction of sp³-hybridized carbons (Fsp3) is 0.211. The monoisotopic (exact) mass is 323 g/mol. The lowest BCUT2D eigenvalue weighted by atomic mass is 10.0. The van der Waals surface area contributed by atoms with Gasteiger partial charge in [0.1, 0.15) is 11.0 Å². The van der Waals surface area contributed by atoms with Crippen LogP contribution in [-0.2, 0) is 20.0 Å². The molecule has 3 nitrogen and oxygen atoms in total. The van der Waals surface area contributed by atoms with Gasteiger partial charge in [-0.1, -0.05) is 48.0 Å². The highest BCUT2D eigenvalue weighted by Crippen LogP contribution is 2.33. The summed E-state index contributed by atoms with van der Waals surface area (Å²) in [5, 5.41) is 0.679. The summed E-state index contributed by atoms with van der Waals surface area (Å²) in [5.74, 6) is 0.995. The van der Waals surface area contributed by atoms with Crippen LogP contribution in [-0.4, -0.2) is 16.1 Å². The van der Waals surface area contributed by atoms with Crippen molar-refractivity contribution >= 4 is 17.3 Å². The summed E-state index contributed by atoms with van der Waals surface area (Å²) in [6.45, 7) is 1.82. The molecule has 4 rings (SSSR count). The third-order valence-corrected chi connectivity index (χ3v) is 4.89. The lowest BCUT2D eigenvalue weighted by molar-refractivity contribution is 0.735. The molecule has 0 bridgehead atoms. The molecule has 0 amide bonds. The summed E-state index contributed by atoms with van der Waals surface area (Å²) in [6.07, 6.45) is 2.79. The van der Waals surface area contributed by atoms with Crippen LogP contribution in [0, 0.1) is 0 Å². The van der Waals surface area contributed by atoms with Gasteiger partial charge in [0.2, 0.25) is 0 Å². The molecule has 3 aromatic rings. The average Bonchev–Trinajstić information content (AvgIpc) is 3.14. The van der Waals surface area contributed by atoms with Crippen LogP contribution < -0.4 is 4.90 Å². The van der Waals surface area contributed by atoms with Gasteiger partial charge in [-0.25, -0.2) is 4.98 Å². The Kier molecular flexibility index (Phi) is 3.58. The molecule has 0 N–H and O–H groups in total. The third-order valence-electron chi connectivity index (χ3n) is 4.54. The van der Waals surface area contributed by atoms with Gasteiger partial charge in [-0.05, 0) is 35.2 Å². The van der Waals surface area contributed by atoms with E-state index in [2.05, 4.69) is 58.4 Å². The van der Waals surface area contributed by atoms with Gasteiger partial charge in [0.05, 0.1) is 12.7 Å². The van der Waals surface area contributed by atoms with E-state index < -0.39 is 0 Å². The minimum atomic E-state index is 0.679. The van der Waals surface area contributed by atoms with E-state index in [1.807, 2.05) is 11.6 Å². The minimum Gasteiger partial charge on any atom is -0.363 e. The van der Waals surface area contributed by atoms with Crippen LogP contribution in [0.5, 0.6) is 0 Å². The van der Waals surface area contributed by atoms with Crippen molar-refractivity contribution in [2.45, 2.75) is 13.0 Å². The van der Waals surface area contributed by atoms with Crippen LogP contribution in [0.1, 0.15) is 11.4 Å². The second-order valence-corrected chi connectivity index (χ2v) is 6.32. The molecular weight excluding hydrogens is 306 g/mol. The van der Waals surface area contributed by atoms with Crippen LogP contribution in [0.15, 0.2) is 54.7 Å². The van der Waals surface area contributed by atoms with Crippen LogP contribution in [0.3, 0.4) is 0 Å². The van der Waals surface area contributed by atoms with Crippen molar-refractivity contribution in [1.29, 1.82) is 0 Å². The van der Waals surface area contributed by atoms with Gasteiger partial charge in [-0.15, -0.1) is 0 Å². The third kappa shape index (κ3) is 2.62. The maximum atomic E-state index is 6.09. The molecule has 1 aliphatic heterocycles. The second-order valence-electron chi connectivity index (χ2n) is 5.94. The van der Waals surface area contributed by atoms with E-state index in [1.165, 1.54) is 22.4 Å². The number of aromatic nitrogens is 2. The molecule has 2 aromatic carbocycles. The van der Waals surface area contributed by atoms with Gasteiger partial charge < -0.3 is 9.47 Å². The maximum Gasteiger partial charge on any atom is 0.129 e. The summed E-state index contributed by atoms with van der Waals surface area (Å²) < 4.78 is 1.94. The van der Waals surface area contributed by atoms with E-state index in [0.717, 1.165) is 25.3 Å². The zero-order valence-corrected chi connectivity index (χ0v) is 13.8. The van der Waals surface area contributed by atoms with Crippen molar-refractivity contribution in [2.24, 2.45) is 7.05 Å². The van der Waals surface area contributed by atoms with Gasteiger partial charge in [-0.3, -0.25) is 0 Å². The predicted octanol–water partition coefficient (Wildman–Crippen LogP) is 4.30. The van der Waals surface area contributed by atoms with E-state index in [9.17, 15) is 0 Å². The molecular formula is C19H18ClN3. The summed E-state index contributed by atoms with van der Waals surface area (Å²) in [4.78, 5) is 6.78. The Balaban J connectivity index is 1.61.